The molecule has 78 valence electrons. The summed E-state index contributed by atoms with van der Waals surface area (Å²) in [6.45, 7) is 0. The van der Waals surface area contributed by atoms with E-state index in [1.165, 1.54) is 11.8 Å². The second-order valence-electron chi connectivity index (χ2n) is 3.45. The highest BCUT2D eigenvalue weighted by molar-refractivity contribution is 8.04. The second kappa shape index (κ2) is 3.68. The lowest BCUT2D eigenvalue weighted by Crippen LogP contribution is -1.93. The molecule has 3 heteroatoms. The van der Waals surface area contributed by atoms with Crippen LogP contribution in [0.5, 0.6) is 0 Å². The molecule has 16 heavy (non-hydrogen) atoms. The van der Waals surface area contributed by atoms with Crippen LogP contribution >= 0.6 is 11.8 Å². The Hall–Kier alpha value is -1.74. The number of carbonyl (C=O) groups is 1. The van der Waals surface area contributed by atoms with Crippen molar-refractivity contribution >= 4 is 23.6 Å². The molecular weight excluding hydrogens is 220 g/mol. The van der Waals surface area contributed by atoms with Gasteiger partial charge in [-0.3, -0.25) is 4.79 Å². The molecule has 1 aromatic heterocycles. The Kier molecular flexibility index (Phi) is 2.18. The molecule has 1 aromatic carbocycles. The summed E-state index contributed by atoms with van der Waals surface area (Å²) in [5.74, 6) is 0.792. The van der Waals surface area contributed by atoms with Gasteiger partial charge >= 0.3 is 0 Å². The van der Waals surface area contributed by atoms with Crippen LogP contribution in [0.2, 0.25) is 0 Å². The van der Waals surface area contributed by atoms with Crippen molar-refractivity contribution in [1.82, 2.24) is 0 Å². The Morgan fingerprint density at radius 2 is 2.00 bits per heavy atom. The van der Waals surface area contributed by atoms with Crippen molar-refractivity contribution in [2.75, 3.05) is 0 Å². The van der Waals surface area contributed by atoms with Crippen molar-refractivity contribution in [3.8, 4) is 0 Å². The van der Waals surface area contributed by atoms with Crippen molar-refractivity contribution in [1.29, 1.82) is 0 Å². The molecule has 0 fully saturated rings. The van der Waals surface area contributed by atoms with Crippen LogP contribution in [-0.2, 0) is 0 Å². The lowest BCUT2D eigenvalue weighted by atomic mass is 10.1. The van der Waals surface area contributed by atoms with Gasteiger partial charge in [-0.1, -0.05) is 23.9 Å². The number of fused-ring (bicyclic) bond motifs is 1. The van der Waals surface area contributed by atoms with E-state index in [4.69, 9.17) is 4.42 Å². The van der Waals surface area contributed by atoms with Gasteiger partial charge in [-0.15, -0.1) is 0 Å². The van der Waals surface area contributed by atoms with E-state index in [-0.39, 0.29) is 5.78 Å². The van der Waals surface area contributed by atoms with Crippen LogP contribution < -0.4 is 0 Å². The van der Waals surface area contributed by atoms with Crippen molar-refractivity contribution in [2.45, 2.75) is 4.90 Å². The molecule has 2 heterocycles. The average molecular weight is 228 g/mol. The monoisotopic (exact) mass is 228 g/mol. The van der Waals surface area contributed by atoms with Crippen LogP contribution in [0.1, 0.15) is 16.1 Å². The maximum atomic E-state index is 12.0. The summed E-state index contributed by atoms with van der Waals surface area (Å²) in [5, 5.41) is 0. The molecule has 2 aromatic rings. The zero-order valence-electron chi connectivity index (χ0n) is 8.34. The fourth-order valence-electron chi connectivity index (χ4n) is 1.64. The van der Waals surface area contributed by atoms with Crippen LogP contribution in [0.25, 0.3) is 6.08 Å². The predicted molar refractivity (Wildman–Crippen MR) is 63.3 cm³/mol. The molecule has 0 saturated heterocycles. The van der Waals surface area contributed by atoms with Gasteiger partial charge in [0, 0.05) is 10.5 Å². The third kappa shape index (κ3) is 1.49. The first kappa shape index (κ1) is 9.48. The van der Waals surface area contributed by atoms with Gasteiger partial charge in [0.15, 0.2) is 0 Å². The Bertz CT molecular complexity index is 567. The van der Waals surface area contributed by atoms with Gasteiger partial charge in [0.25, 0.3) is 0 Å². The number of thioether (sulfide) groups is 1. The van der Waals surface area contributed by atoms with Crippen molar-refractivity contribution < 1.29 is 9.21 Å². The van der Waals surface area contributed by atoms with E-state index < -0.39 is 0 Å². The normalized spacial score (nSPS) is 16.8. The summed E-state index contributed by atoms with van der Waals surface area (Å²) >= 11 is 1.49. The first-order valence-electron chi connectivity index (χ1n) is 4.91. The summed E-state index contributed by atoms with van der Waals surface area (Å²) in [7, 11) is 0. The molecule has 0 bridgehead atoms. The zero-order chi connectivity index (χ0) is 11.0. The van der Waals surface area contributed by atoms with Gasteiger partial charge in [-0.2, -0.15) is 0 Å². The van der Waals surface area contributed by atoms with E-state index in [2.05, 4.69) is 0 Å². The summed E-state index contributed by atoms with van der Waals surface area (Å²) < 4.78 is 5.20. The van der Waals surface area contributed by atoms with E-state index in [1.807, 2.05) is 36.4 Å². The van der Waals surface area contributed by atoms with Crippen molar-refractivity contribution in [3.05, 3.63) is 58.9 Å². The van der Waals surface area contributed by atoms with Crippen LogP contribution in [0.3, 0.4) is 0 Å². The Labute approximate surface area is 97.0 Å². The van der Waals surface area contributed by atoms with E-state index >= 15 is 0 Å². The minimum absolute atomic E-state index is 0.0806. The van der Waals surface area contributed by atoms with Gasteiger partial charge in [-0.25, -0.2) is 0 Å². The number of Topliss-reactive ketones (excluding diaryl/α,β-unsaturated/α-hetero) is 1. The fourth-order valence-corrected chi connectivity index (χ4v) is 2.67. The molecule has 2 nitrogen and oxygen atoms in total. The quantitative estimate of drug-likeness (QED) is 0.698. The van der Waals surface area contributed by atoms with Crippen LogP contribution in [0, 0.1) is 0 Å². The first-order valence-corrected chi connectivity index (χ1v) is 5.73. The number of benzene rings is 1. The third-order valence-corrected chi connectivity index (χ3v) is 3.49. The molecule has 0 radical (unpaired) electrons. The highest BCUT2D eigenvalue weighted by Gasteiger charge is 2.25. The smallest absolute Gasteiger partial charge is 0.200 e. The van der Waals surface area contributed by atoms with Crippen molar-refractivity contribution in [2.24, 2.45) is 0 Å². The molecule has 0 amide bonds. The average Bonchev–Trinajstić information content (AvgIpc) is 2.90. The van der Waals surface area contributed by atoms with Gasteiger partial charge in [0.2, 0.25) is 5.78 Å². The third-order valence-electron chi connectivity index (χ3n) is 2.39. The molecule has 3 rings (SSSR count). The topological polar surface area (TPSA) is 30.2 Å². The number of allylic oxidation sites excluding steroid dienone is 1. The summed E-state index contributed by atoms with van der Waals surface area (Å²) in [6.07, 6.45) is 3.39. The lowest BCUT2D eigenvalue weighted by Gasteiger charge is -1.90. The number of ketones is 1. The molecule has 0 saturated carbocycles. The molecule has 0 atom stereocenters. The largest absolute Gasteiger partial charge is 0.465 e. The van der Waals surface area contributed by atoms with Gasteiger partial charge in [0.05, 0.1) is 11.2 Å². The molecule has 0 unspecified atom stereocenters. The Balaban J connectivity index is 2.02. The van der Waals surface area contributed by atoms with E-state index in [0.717, 1.165) is 15.4 Å². The maximum Gasteiger partial charge on any atom is 0.200 e. The summed E-state index contributed by atoms with van der Waals surface area (Å²) in [4.78, 5) is 13.7. The van der Waals surface area contributed by atoms with Gasteiger partial charge in [0.1, 0.15) is 5.76 Å². The SMILES string of the molecule is O=C1/C(=C\c2ccco2)Sc2ccccc21. The van der Waals surface area contributed by atoms with Crippen LogP contribution in [0.15, 0.2) is 56.9 Å². The number of carbonyl (C=O) groups excluding carboxylic acids is 1. The van der Waals surface area contributed by atoms with Crippen LogP contribution in [-0.4, -0.2) is 5.78 Å². The molecular formula is C13H8O2S. The Morgan fingerprint density at radius 1 is 1.12 bits per heavy atom. The van der Waals surface area contributed by atoms with Gasteiger partial charge in [-0.05, 0) is 30.3 Å². The molecule has 1 aliphatic rings. The molecule has 0 aliphatic carbocycles. The van der Waals surface area contributed by atoms with Crippen LogP contribution in [0.4, 0.5) is 0 Å². The number of rotatable bonds is 1. The minimum Gasteiger partial charge on any atom is -0.465 e. The maximum absolute atomic E-state index is 12.0. The molecule has 0 N–H and O–H groups in total. The number of furan rings is 1. The minimum atomic E-state index is 0.0806. The zero-order valence-corrected chi connectivity index (χ0v) is 9.16. The predicted octanol–water partition coefficient (Wildman–Crippen LogP) is 3.61. The standard InChI is InChI=1S/C13H8O2S/c14-13-10-5-1-2-6-11(10)16-12(13)8-9-4-3-7-15-9/h1-8H/b12-8+. The summed E-state index contributed by atoms with van der Waals surface area (Å²) in [6, 6.07) is 11.3. The van der Waals surface area contributed by atoms with E-state index in [9.17, 15) is 4.79 Å². The van der Waals surface area contributed by atoms with E-state index in [0.29, 0.717) is 5.76 Å². The molecule has 0 spiro atoms. The number of hydrogen-bond acceptors (Lipinski definition) is 3. The highest BCUT2D eigenvalue weighted by atomic mass is 32.2. The Morgan fingerprint density at radius 3 is 2.75 bits per heavy atom. The number of hydrogen-bond donors (Lipinski definition) is 0. The fraction of sp³-hybridized carbons (Fsp3) is 0. The molecule has 1 aliphatic heterocycles. The summed E-state index contributed by atoms with van der Waals surface area (Å²) in [5.41, 5.74) is 0.783. The lowest BCUT2D eigenvalue weighted by molar-refractivity contribution is 0.104. The first-order chi connectivity index (χ1) is 7.84. The highest BCUT2D eigenvalue weighted by Crippen LogP contribution is 2.40. The second-order valence-corrected chi connectivity index (χ2v) is 4.54. The van der Waals surface area contributed by atoms with E-state index in [1.54, 1.807) is 12.3 Å². The van der Waals surface area contributed by atoms with Crippen molar-refractivity contribution in [3.63, 3.8) is 0 Å². The van der Waals surface area contributed by atoms with Gasteiger partial charge < -0.3 is 4.42 Å².